The van der Waals surface area contributed by atoms with E-state index in [2.05, 4.69) is 5.32 Å². The number of benzene rings is 1. The number of hydrogen-bond acceptors (Lipinski definition) is 3. The largest absolute Gasteiger partial charge is 0.480 e. The molecule has 0 bridgehead atoms. The molecule has 3 unspecified atom stereocenters. The van der Waals surface area contributed by atoms with E-state index in [0.29, 0.717) is 0 Å². The molecule has 0 saturated heterocycles. The molecule has 0 aliphatic heterocycles. The Bertz CT molecular complexity index is 446. The van der Waals surface area contributed by atoms with Crippen LogP contribution in [-0.4, -0.2) is 34.7 Å². The first-order chi connectivity index (χ1) is 8.63. The summed E-state index contributed by atoms with van der Waals surface area (Å²) in [5.41, 5.74) is 1.09. The monoisotopic (exact) mass is 249 g/mol. The molecule has 1 saturated carbocycles. The van der Waals surface area contributed by atoms with E-state index >= 15 is 0 Å². The van der Waals surface area contributed by atoms with Crippen LogP contribution in [0.2, 0.25) is 0 Å². The molecule has 1 aromatic rings. The summed E-state index contributed by atoms with van der Waals surface area (Å²) in [5, 5.41) is 19.9. The molecule has 5 heteroatoms. The second-order valence-corrected chi connectivity index (χ2v) is 4.44. The van der Waals surface area contributed by atoms with Gasteiger partial charge in [0.05, 0.1) is 6.61 Å². The number of carboxylic acid groups (broad SMARTS) is 1. The van der Waals surface area contributed by atoms with Crippen molar-refractivity contribution in [3.63, 3.8) is 0 Å². The minimum atomic E-state index is -1.22. The molecule has 0 heterocycles. The Hall–Kier alpha value is -1.88. The third-order valence-electron chi connectivity index (χ3n) is 3.15. The number of nitrogens with one attached hydrogen (secondary N) is 1. The lowest BCUT2D eigenvalue weighted by Crippen LogP contribution is -2.44. The SMILES string of the molecule is O=C(O)C(CO)NC(=O)C1CC1c1ccccc1. The van der Waals surface area contributed by atoms with Crippen molar-refractivity contribution in [2.24, 2.45) is 5.92 Å². The highest BCUT2D eigenvalue weighted by Crippen LogP contribution is 2.47. The van der Waals surface area contributed by atoms with Crippen LogP contribution < -0.4 is 5.32 Å². The average Bonchev–Trinajstić information content (AvgIpc) is 3.16. The van der Waals surface area contributed by atoms with Crippen molar-refractivity contribution in [2.45, 2.75) is 18.4 Å². The molecule has 3 N–H and O–H groups in total. The molecule has 96 valence electrons. The van der Waals surface area contributed by atoms with Crippen LogP contribution in [0.25, 0.3) is 0 Å². The Morgan fingerprint density at radius 3 is 2.56 bits per heavy atom. The van der Waals surface area contributed by atoms with Gasteiger partial charge in [-0.15, -0.1) is 0 Å². The maximum absolute atomic E-state index is 11.8. The third-order valence-corrected chi connectivity index (χ3v) is 3.15. The quantitative estimate of drug-likeness (QED) is 0.703. The number of aliphatic hydroxyl groups is 1. The van der Waals surface area contributed by atoms with Gasteiger partial charge in [-0.3, -0.25) is 4.79 Å². The summed E-state index contributed by atoms with van der Waals surface area (Å²) < 4.78 is 0. The topological polar surface area (TPSA) is 86.6 Å². The maximum Gasteiger partial charge on any atom is 0.328 e. The zero-order chi connectivity index (χ0) is 13.1. The van der Waals surface area contributed by atoms with Crippen molar-refractivity contribution in [2.75, 3.05) is 6.61 Å². The van der Waals surface area contributed by atoms with Crippen molar-refractivity contribution in [3.05, 3.63) is 35.9 Å². The average molecular weight is 249 g/mol. The van der Waals surface area contributed by atoms with Gasteiger partial charge in [-0.05, 0) is 17.9 Å². The van der Waals surface area contributed by atoms with Gasteiger partial charge >= 0.3 is 5.97 Å². The van der Waals surface area contributed by atoms with E-state index < -0.39 is 18.6 Å². The Morgan fingerprint density at radius 2 is 2.00 bits per heavy atom. The van der Waals surface area contributed by atoms with Gasteiger partial charge in [-0.2, -0.15) is 0 Å². The fraction of sp³-hybridized carbons (Fsp3) is 0.385. The highest BCUT2D eigenvalue weighted by molar-refractivity contribution is 5.87. The van der Waals surface area contributed by atoms with Gasteiger partial charge in [0.1, 0.15) is 6.04 Å². The number of aliphatic hydroxyl groups excluding tert-OH is 1. The summed E-state index contributed by atoms with van der Waals surface area (Å²) in [6, 6.07) is 8.44. The first-order valence-electron chi connectivity index (χ1n) is 5.82. The number of hydrogen-bond donors (Lipinski definition) is 3. The lowest BCUT2D eigenvalue weighted by molar-refractivity contribution is -0.143. The molecular formula is C13H15NO4. The zero-order valence-corrected chi connectivity index (χ0v) is 9.74. The van der Waals surface area contributed by atoms with Crippen LogP contribution in [0.4, 0.5) is 0 Å². The molecule has 0 radical (unpaired) electrons. The second kappa shape index (κ2) is 5.18. The van der Waals surface area contributed by atoms with Gasteiger partial charge in [0.2, 0.25) is 5.91 Å². The van der Waals surface area contributed by atoms with Crippen LogP contribution in [0.5, 0.6) is 0 Å². The molecule has 3 atom stereocenters. The number of amides is 1. The van der Waals surface area contributed by atoms with Crippen LogP contribution >= 0.6 is 0 Å². The van der Waals surface area contributed by atoms with Crippen molar-refractivity contribution < 1.29 is 19.8 Å². The lowest BCUT2D eigenvalue weighted by atomic mass is 10.1. The first kappa shape index (κ1) is 12.6. The van der Waals surface area contributed by atoms with Crippen molar-refractivity contribution in [1.82, 2.24) is 5.32 Å². The Morgan fingerprint density at radius 1 is 1.33 bits per heavy atom. The summed E-state index contributed by atoms with van der Waals surface area (Å²) in [7, 11) is 0. The minimum Gasteiger partial charge on any atom is -0.480 e. The van der Waals surface area contributed by atoms with Gasteiger partial charge in [0, 0.05) is 5.92 Å². The van der Waals surface area contributed by atoms with Gasteiger partial charge in [0.15, 0.2) is 0 Å². The number of carbonyl (C=O) groups excluding carboxylic acids is 1. The molecule has 5 nitrogen and oxygen atoms in total. The lowest BCUT2D eigenvalue weighted by Gasteiger charge is -2.11. The van der Waals surface area contributed by atoms with Crippen LogP contribution in [0, 0.1) is 5.92 Å². The number of carbonyl (C=O) groups is 2. The van der Waals surface area contributed by atoms with Crippen molar-refractivity contribution in [1.29, 1.82) is 0 Å². The Balaban J connectivity index is 1.92. The van der Waals surface area contributed by atoms with Gasteiger partial charge in [-0.1, -0.05) is 30.3 Å². The van der Waals surface area contributed by atoms with Crippen LogP contribution in [-0.2, 0) is 9.59 Å². The molecule has 1 amide bonds. The standard InChI is InChI=1S/C13H15NO4/c15-7-11(13(17)18)14-12(16)10-6-9(10)8-4-2-1-3-5-8/h1-5,9-11,15H,6-7H2,(H,14,16)(H,17,18). The maximum atomic E-state index is 11.8. The number of rotatable bonds is 5. The van der Waals surface area contributed by atoms with E-state index in [-0.39, 0.29) is 17.7 Å². The summed E-state index contributed by atoms with van der Waals surface area (Å²) in [6.45, 7) is -0.593. The van der Waals surface area contributed by atoms with Crippen LogP contribution in [0.3, 0.4) is 0 Å². The highest BCUT2D eigenvalue weighted by atomic mass is 16.4. The predicted octanol–water partition coefficient (Wildman–Crippen LogP) is 0.352. The van der Waals surface area contributed by atoms with Crippen LogP contribution in [0.1, 0.15) is 17.9 Å². The van der Waals surface area contributed by atoms with E-state index in [4.69, 9.17) is 10.2 Å². The fourth-order valence-electron chi connectivity index (χ4n) is 2.02. The third kappa shape index (κ3) is 2.68. The Kier molecular flexibility index (Phi) is 3.62. The molecule has 18 heavy (non-hydrogen) atoms. The Labute approximate surface area is 104 Å². The summed E-state index contributed by atoms with van der Waals surface area (Å²) >= 11 is 0. The fourth-order valence-corrected chi connectivity index (χ4v) is 2.02. The summed E-state index contributed by atoms with van der Waals surface area (Å²) in [4.78, 5) is 22.5. The van der Waals surface area contributed by atoms with Gasteiger partial charge in [-0.25, -0.2) is 4.79 Å². The molecule has 1 aromatic carbocycles. The van der Waals surface area contributed by atoms with E-state index in [9.17, 15) is 9.59 Å². The molecule has 1 fully saturated rings. The van der Waals surface area contributed by atoms with Crippen LogP contribution in [0.15, 0.2) is 30.3 Å². The van der Waals surface area contributed by atoms with E-state index in [1.54, 1.807) is 0 Å². The smallest absolute Gasteiger partial charge is 0.328 e. The molecule has 1 aliphatic rings. The van der Waals surface area contributed by atoms with Gasteiger partial charge in [0.25, 0.3) is 0 Å². The normalized spacial score (nSPS) is 23.2. The van der Waals surface area contributed by atoms with Gasteiger partial charge < -0.3 is 15.5 Å². The number of aliphatic carboxylic acids is 1. The molecular weight excluding hydrogens is 234 g/mol. The van der Waals surface area contributed by atoms with E-state index in [0.717, 1.165) is 12.0 Å². The second-order valence-electron chi connectivity index (χ2n) is 4.44. The number of carboxylic acids is 1. The van der Waals surface area contributed by atoms with Crippen molar-refractivity contribution >= 4 is 11.9 Å². The molecule has 1 aliphatic carbocycles. The summed E-state index contributed by atoms with van der Waals surface area (Å²) in [5.74, 6) is -1.53. The molecule has 2 rings (SSSR count). The van der Waals surface area contributed by atoms with E-state index in [1.165, 1.54) is 0 Å². The van der Waals surface area contributed by atoms with Crippen molar-refractivity contribution in [3.8, 4) is 0 Å². The molecule has 0 aromatic heterocycles. The van der Waals surface area contributed by atoms with E-state index in [1.807, 2.05) is 30.3 Å². The first-order valence-corrected chi connectivity index (χ1v) is 5.82. The predicted molar refractivity (Wildman–Crippen MR) is 63.9 cm³/mol. The minimum absolute atomic E-state index is 0.166. The summed E-state index contributed by atoms with van der Waals surface area (Å²) in [6.07, 6.45) is 0.730. The zero-order valence-electron chi connectivity index (χ0n) is 9.74. The highest BCUT2D eigenvalue weighted by Gasteiger charge is 2.44. The molecule has 0 spiro atoms.